The van der Waals surface area contributed by atoms with Gasteiger partial charge in [0, 0.05) is 19.1 Å². The number of nitrogens with two attached hydrogens (primary N) is 1. The van der Waals surface area contributed by atoms with Crippen LogP contribution >= 0.6 is 11.6 Å². The second-order valence-corrected chi connectivity index (χ2v) is 5.74. The Labute approximate surface area is 114 Å². The number of rotatable bonds is 4. The van der Waals surface area contributed by atoms with Crippen LogP contribution in [-0.2, 0) is 0 Å². The predicted octanol–water partition coefficient (Wildman–Crippen LogP) is 3.06. The fourth-order valence-corrected chi connectivity index (χ4v) is 2.72. The van der Waals surface area contributed by atoms with Crippen LogP contribution in [0.4, 0.5) is 11.4 Å². The Hall–Kier alpha value is -0.930. The van der Waals surface area contributed by atoms with Gasteiger partial charge in [-0.05, 0) is 44.9 Å². The van der Waals surface area contributed by atoms with Gasteiger partial charge in [-0.25, -0.2) is 0 Å². The summed E-state index contributed by atoms with van der Waals surface area (Å²) in [4.78, 5) is 2.52. The molecule has 1 unspecified atom stereocenters. The third-order valence-electron chi connectivity index (χ3n) is 3.66. The minimum Gasteiger partial charge on any atom is -0.397 e. The summed E-state index contributed by atoms with van der Waals surface area (Å²) in [6, 6.07) is 6.26. The number of halogens is 1. The van der Waals surface area contributed by atoms with Crippen molar-refractivity contribution in [1.29, 1.82) is 0 Å². The van der Waals surface area contributed by atoms with Crippen molar-refractivity contribution in [2.45, 2.75) is 26.3 Å². The van der Waals surface area contributed by atoms with Crippen LogP contribution in [0.2, 0.25) is 5.02 Å². The molecule has 1 saturated heterocycles. The predicted molar refractivity (Wildman–Crippen MR) is 79.2 cm³/mol. The summed E-state index contributed by atoms with van der Waals surface area (Å²) in [7, 11) is 0. The average molecular weight is 268 g/mol. The number of hydrogen-bond donors (Lipinski definition) is 2. The van der Waals surface area contributed by atoms with Crippen molar-refractivity contribution in [3.63, 3.8) is 0 Å². The van der Waals surface area contributed by atoms with Gasteiger partial charge >= 0.3 is 0 Å². The van der Waals surface area contributed by atoms with Gasteiger partial charge in [0.1, 0.15) is 0 Å². The summed E-state index contributed by atoms with van der Waals surface area (Å²) in [5.41, 5.74) is 7.52. The second-order valence-electron chi connectivity index (χ2n) is 5.33. The Kier molecular flexibility index (Phi) is 4.36. The van der Waals surface area contributed by atoms with Crippen molar-refractivity contribution in [3.05, 3.63) is 23.2 Å². The van der Waals surface area contributed by atoms with Crippen molar-refractivity contribution >= 4 is 23.0 Å². The Morgan fingerprint density at radius 3 is 2.89 bits per heavy atom. The molecule has 1 heterocycles. The second kappa shape index (κ2) is 5.81. The van der Waals surface area contributed by atoms with Gasteiger partial charge < -0.3 is 16.0 Å². The average Bonchev–Trinajstić information content (AvgIpc) is 2.77. The zero-order valence-corrected chi connectivity index (χ0v) is 11.9. The van der Waals surface area contributed by atoms with E-state index in [0.29, 0.717) is 17.0 Å². The molecule has 1 aliphatic heterocycles. The maximum atomic E-state index is 6.14. The first-order valence-electron chi connectivity index (χ1n) is 6.60. The number of likely N-dealkylation sites (tertiary alicyclic amines) is 1. The van der Waals surface area contributed by atoms with Crippen LogP contribution in [0.1, 0.15) is 20.3 Å². The highest BCUT2D eigenvalue weighted by molar-refractivity contribution is 6.33. The van der Waals surface area contributed by atoms with Crippen LogP contribution < -0.4 is 11.1 Å². The van der Waals surface area contributed by atoms with Crippen molar-refractivity contribution in [2.24, 2.45) is 5.92 Å². The summed E-state index contributed by atoms with van der Waals surface area (Å²) in [5.74, 6) is 0.683. The molecular formula is C14H22ClN3. The van der Waals surface area contributed by atoms with E-state index in [4.69, 9.17) is 17.3 Å². The fraction of sp³-hybridized carbons (Fsp3) is 0.571. The number of para-hydroxylation sites is 1. The molecule has 0 saturated carbocycles. The molecule has 3 N–H and O–H groups in total. The standard InChI is InChI=1S/C14H22ClN3/c1-10(2)18-7-6-11(9-18)8-17-14-12(15)4-3-5-13(14)16/h3-5,10-11,17H,6-9,16H2,1-2H3. The first-order valence-corrected chi connectivity index (χ1v) is 6.97. The van der Waals surface area contributed by atoms with Gasteiger partial charge in [-0.15, -0.1) is 0 Å². The van der Waals surface area contributed by atoms with E-state index in [9.17, 15) is 0 Å². The monoisotopic (exact) mass is 267 g/mol. The molecule has 4 heteroatoms. The minimum atomic E-state index is 0.639. The molecule has 1 aromatic carbocycles. The summed E-state index contributed by atoms with van der Waals surface area (Å²) in [6.07, 6.45) is 1.25. The maximum absolute atomic E-state index is 6.14. The SMILES string of the molecule is CC(C)N1CCC(CNc2c(N)cccc2Cl)C1. The van der Waals surface area contributed by atoms with Crippen LogP contribution in [0.15, 0.2) is 18.2 Å². The topological polar surface area (TPSA) is 41.3 Å². The quantitative estimate of drug-likeness (QED) is 0.824. The Morgan fingerprint density at radius 1 is 1.50 bits per heavy atom. The van der Waals surface area contributed by atoms with Crippen molar-refractivity contribution < 1.29 is 0 Å². The Balaban J connectivity index is 1.89. The lowest BCUT2D eigenvalue weighted by Gasteiger charge is -2.20. The molecule has 100 valence electrons. The molecule has 0 aliphatic carbocycles. The van der Waals surface area contributed by atoms with Gasteiger partial charge in [-0.1, -0.05) is 17.7 Å². The molecule has 0 radical (unpaired) electrons. The molecule has 2 rings (SSSR count). The first kappa shape index (κ1) is 13.5. The lowest BCUT2D eigenvalue weighted by molar-refractivity contribution is 0.266. The molecule has 3 nitrogen and oxygen atoms in total. The molecule has 1 atom stereocenters. The molecule has 18 heavy (non-hydrogen) atoms. The van der Waals surface area contributed by atoms with Gasteiger partial charge in [-0.3, -0.25) is 0 Å². The third-order valence-corrected chi connectivity index (χ3v) is 3.98. The van der Waals surface area contributed by atoms with Gasteiger partial charge in [0.2, 0.25) is 0 Å². The number of nitrogens with zero attached hydrogens (tertiary/aromatic N) is 1. The summed E-state index contributed by atoms with van der Waals surface area (Å²) < 4.78 is 0. The van der Waals surface area contributed by atoms with E-state index >= 15 is 0 Å². The van der Waals surface area contributed by atoms with Crippen molar-refractivity contribution in [3.8, 4) is 0 Å². The lowest BCUT2D eigenvalue weighted by atomic mass is 10.1. The lowest BCUT2D eigenvalue weighted by Crippen LogP contribution is -2.29. The van der Waals surface area contributed by atoms with Crippen LogP contribution in [0.3, 0.4) is 0 Å². The van der Waals surface area contributed by atoms with Gasteiger partial charge in [0.15, 0.2) is 0 Å². The molecule has 0 aromatic heterocycles. The fourth-order valence-electron chi connectivity index (χ4n) is 2.47. The van der Waals surface area contributed by atoms with Crippen LogP contribution in [0, 0.1) is 5.92 Å². The van der Waals surface area contributed by atoms with Gasteiger partial charge in [-0.2, -0.15) is 0 Å². The van der Waals surface area contributed by atoms with Crippen LogP contribution in [0.25, 0.3) is 0 Å². The van der Waals surface area contributed by atoms with Crippen LogP contribution in [-0.4, -0.2) is 30.6 Å². The van der Waals surface area contributed by atoms with E-state index < -0.39 is 0 Å². The van der Waals surface area contributed by atoms with Gasteiger partial charge in [0.05, 0.1) is 16.4 Å². The number of benzene rings is 1. The summed E-state index contributed by atoms with van der Waals surface area (Å²) in [6.45, 7) is 7.80. The van der Waals surface area contributed by atoms with Gasteiger partial charge in [0.25, 0.3) is 0 Å². The van der Waals surface area contributed by atoms with E-state index in [1.807, 2.05) is 18.2 Å². The number of anilines is 2. The van der Waals surface area contributed by atoms with E-state index in [-0.39, 0.29) is 0 Å². The summed E-state index contributed by atoms with van der Waals surface area (Å²) in [5, 5.41) is 4.10. The zero-order chi connectivity index (χ0) is 13.1. The largest absolute Gasteiger partial charge is 0.397 e. The Bertz CT molecular complexity index is 386. The maximum Gasteiger partial charge on any atom is 0.0763 e. The molecule has 0 amide bonds. The van der Waals surface area contributed by atoms with E-state index in [0.717, 1.165) is 24.5 Å². The highest BCUT2D eigenvalue weighted by Gasteiger charge is 2.24. The first-order chi connectivity index (χ1) is 8.58. The normalized spacial score (nSPS) is 20.6. The third kappa shape index (κ3) is 3.09. The minimum absolute atomic E-state index is 0.639. The summed E-state index contributed by atoms with van der Waals surface area (Å²) >= 11 is 6.14. The van der Waals surface area contributed by atoms with E-state index in [2.05, 4.69) is 24.1 Å². The highest BCUT2D eigenvalue weighted by atomic mass is 35.5. The number of hydrogen-bond acceptors (Lipinski definition) is 3. The molecule has 1 aliphatic rings. The van der Waals surface area contributed by atoms with Crippen molar-refractivity contribution in [1.82, 2.24) is 4.90 Å². The molecule has 0 spiro atoms. The van der Waals surface area contributed by atoms with E-state index in [1.54, 1.807) is 0 Å². The molecular weight excluding hydrogens is 246 g/mol. The van der Waals surface area contributed by atoms with E-state index in [1.165, 1.54) is 13.0 Å². The smallest absolute Gasteiger partial charge is 0.0763 e. The molecule has 1 aromatic rings. The van der Waals surface area contributed by atoms with Crippen molar-refractivity contribution in [2.75, 3.05) is 30.7 Å². The molecule has 1 fully saturated rings. The number of nitrogens with one attached hydrogen (secondary N) is 1. The molecule has 0 bridgehead atoms. The zero-order valence-electron chi connectivity index (χ0n) is 11.1. The number of nitrogen functional groups attached to an aromatic ring is 1. The Morgan fingerprint density at radius 2 is 2.28 bits per heavy atom. The highest BCUT2D eigenvalue weighted by Crippen LogP contribution is 2.28. The van der Waals surface area contributed by atoms with Crippen LogP contribution in [0.5, 0.6) is 0 Å².